The summed E-state index contributed by atoms with van der Waals surface area (Å²) in [4.78, 5) is 39.8. The molecular formula is C34H25FN4O3S. The molecule has 7 nitrogen and oxygen atoms in total. The van der Waals surface area contributed by atoms with Gasteiger partial charge in [-0.15, -0.1) is 11.3 Å². The number of aryl methyl sites for hydroxylation is 2. The number of benzene rings is 4. The number of aromatic nitrogens is 1. The molecule has 4 aromatic carbocycles. The molecule has 0 unspecified atom stereocenters. The number of nitriles is 1. The third-order valence-corrected chi connectivity index (χ3v) is 7.70. The maximum absolute atomic E-state index is 14.3. The molecule has 1 aromatic heterocycles. The van der Waals surface area contributed by atoms with Crippen LogP contribution < -0.4 is 25.4 Å². The van der Waals surface area contributed by atoms with Gasteiger partial charge < -0.3 is 10.6 Å². The number of amides is 2. The number of nitrogens with one attached hydrogen (secondary N) is 2. The Bertz CT molecular complexity index is 2090. The van der Waals surface area contributed by atoms with Crippen LogP contribution in [0.1, 0.15) is 27.0 Å². The van der Waals surface area contributed by atoms with Gasteiger partial charge in [-0.05, 0) is 73.5 Å². The van der Waals surface area contributed by atoms with Crippen LogP contribution in [0.5, 0.6) is 0 Å². The molecule has 1 heterocycles. The summed E-state index contributed by atoms with van der Waals surface area (Å²) >= 11 is 0.972. The molecule has 2 amide bonds. The van der Waals surface area contributed by atoms with Crippen molar-refractivity contribution in [2.75, 3.05) is 10.6 Å². The average Bonchev–Trinajstić information content (AvgIpc) is 3.30. The smallest absolute Gasteiger partial charge is 0.273 e. The van der Waals surface area contributed by atoms with E-state index in [1.54, 1.807) is 60.7 Å². The number of para-hydroxylation sites is 2. The van der Waals surface area contributed by atoms with Crippen molar-refractivity contribution in [1.82, 2.24) is 4.57 Å². The highest BCUT2D eigenvalue weighted by atomic mass is 32.1. The van der Waals surface area contributed by atoms with Crippen LogP contribution in [0.2, 0.25) is 0 Å². The van der Waals surface area contributed by atoms with Crippen LogP contribution in [0.15, 0.2) is 102 Å². The maximum atomic E-state index is 14.3. The van der Waals surface area contributed by atoms with Gasteiger partial charge in [0.1, 0.15) is 16.5 Å². The lowest BCUT2D eigenvalue weighted by molar-refractivity contribution is -0.111. The van der Waals surface area contributed by atoms with E-state index in [2.05, 4.69) is 10.6 Å². The number of hydrogen-bond donors (Lipinski definition) is 2. The number of anilines is 2. The van der Waals surface area contributed by atoms with Gasteiger partial charge >= 0.3 is 0 Å². The predicted octanol–water partition coefficient (Wildman–Crippen LogP) is 5.05. The summed E-state index contributed by atoms with van der Waals surface area (Å²) in [5.74, 6) is -1.77. The second-order valence-electron chi connectivity index (χ2n) is 9.71. The van der Waals surface area contributed by atoms with E-state index in [1.165, 1.54) is 22.8 Å². The minimum atomic E-state index is -0.844. The van der Waals surface area contributed by atoms with Crippen molar-refractivity contribution < 1.29 is 14.0 Å². The largest absolute Gasteiger partial charge is 0.322 e. The van der Waals surface area contributed by atoms with Crippen LogP contribution in [0.3, 0.4) is 0 Å². The first-order chi connectivity index (χ1) is 20.7. The lowest BCUT2D eigenvalue weighted by atomic mass is 10.1. The molecule has 0 aliphatic heterocycles. The third kappa shape index (κ3) is 6.35. The SMILES string of the molecule is Cc1ccc(C(=O)Nc2cccc(/C=c3\s/c(=C(/C#N)C(=O)Nc4ccccc4F)n(-c4ccccc4C)c3=O)c2)cc1. The quantitative estimate of drug-likeness (QED) is 0.290. The van der Waals surface area contributed by atoms with E-state index in [0.29, 0.717) is 22.5 Å². The van der Waals surface area contributed by atoms with Gasteiger partial charge in [0.2, 0.25) is 0 Å². The molecule has 43 heavy (non-hydrogen) atoms. The Labute approximate surface area is 250 Å². The van der Waals surface area contributed by atoms with Crippen LogP contribution >= 0.6 is 11.3 Å². The first-order valence-corrected chi connectivity index (χ1v) is 14.0. The van der Waals surface area contributed by atoms with Gasteiger partial charge in [-0.2, -0.15) is 5.26 Å². The fraction of sp³-hybridized carbons (Fsp3) is 0.0588. The van der Waals surface area contributed by atoms with E-state index in [9.17, 15) is 24.0 Å². The lowest BCUT2D eigenvalue weighted by Crippen LogP contribution is -2.32. The Morgan fingerprint density at radius 3 is 2.35 bits per heavy atom. The van der Waals surface area contributed by atoms with Crippen molar-refractivity contribution in [1.29, 1.82) is 5.26 Å². The molecular weight excluding hydrogens is 563 g/mol. The normalized spacial score (nSPS) is 11.9. The summed E-state index contributed by atoms with van der Waals surface area (Å²) in [6.45, 7) is 3.76. The van der Waals surface area contributed by atoms with Gasteiger partial charge in [-0.1, -0.05) is 60.2 Å². The first-order valence-electron chi connectivity index (χ1n) is 13.2. The summed E-state index contributed by atoms with van der Waals surface area (Å²) in [5.41, 5.74) is 3.10. The molecule has 0 spiro atoms. The number of thiazole rings is 1. The van der Waals surface area contributed by atoms with Crippen molar-refractivity contribution in [3.63, 3.8) is 0 Å². The van der Waals surface area contributed by atoms with Gasteiger partial charge in [-0.3, -0.25) is 19.0 Å². The summed E-state index contributed by atoms with van der Waals surface area (Å²) in [5, 5.41) is 15.4. The second kappa shape index (κ2) is 12.5. The van der Waals surface area contributed by atoms with Crippen LogP contribution in [0, 0.1) is 31.0 Å². The summed E-state index contributed by atoms with van der Waals surface area (Å²) in [6, 6.07) is 28.8. The molecule has 9 heteroatoms. The van der Waals surface area contributed by atoms with Gasteiger partial charge in [0.05, 0.1) is 15.9 Å². The Balaban J connectivity index is 1.62. The fourth-order valence-corrected chi connectivity index (χ4v) is 5.49. The molecule has 0 atom stereocenters. The number of carbonyl (C=O) groups excluding carboxylic acids is 2. The van der Waals surface area contributed by atoms with Crippen molar-refractivity contribution in [3.8, 4) is 11.8 Å². The second-order valence-corrected chi connectivity index (χ2v) is 10.7. The summed E-state index contributed by atoms with van der Waals surface area (Å²) < 4.78 is 15.9. The van der Waals surface area contributed by atoms with Gasteiger partial charge in [-0.25, -0.2) is 4.39 Å². The van der Waals surface area contributed by atoms with E-state index < -0.39 is 17.3 Å². The van der Waals surface area contributed by atoms with E-state index in [4.69, 9.17) is 0 Å². The van der Waals surface area contributed by atoms with E-state index in [-0.39, 0.29) is 26.4 Å². The highest BCUT2D eigenvalue weighted by molar-refractivity contribution is 7.07. The molecule has 0 saturated heterocycles. The van der Waals surface area contributed by atoms with Crippen molar-refractivity contribution in [3.05, 3.63) is 145 Å². The first kappa shape index (κ1) is 28.9. The van der Waals surface area contributed by atoms with E-state index >= 15 is 0 Å². The topological polar surface area (TPSA) is 104 Å². The minimum Gasteiger partial charge on any atom is -0.322 e. The van der Waals surface area contributed by atoms with Crippen LogP contribution in [-0.2, 0) is 4.79 Å². The maximum Gasteiger partial charge on any atom is 0.273 e. The molecule has 0 aliphatic rings. The monoisotopic (exact) mass is 588 g/mol. The number of rotatable bonds is 6. The molecule has 212 valence electrons. The van der Waals surface area contributed by atoms with Crippen molar-refractivity contribution >= 4 is 46.2 Å². The number of carbonyl (C=O) groups is 2. The Kier molecular flexibility index (Phi) is 8.41. The molecule has 0 saturated carbocycles. The Hall–Kier alpha value is -5.59. The summed E-state index contributed by atoms with van der Waals surface area (Å²) in [6.07, 6.45) is 1.64. The van der Waals surface area contributed by atoms with Gasteiger partial charge in [0.25, 0.3) is 17.4 Å². The molecule has 0 bridgehead atoms. The highest BCUT2D eigenvalue weighted by Crippen LogP contribution is 2.16. The standard InChI is InChI=1S/C34H25FN4O3S/c1-21-14-16-24(17-15-21)31(40)37-25-10-7-9-23(18-25)19-30-33(42)39(29-13-6-3-8-22(29)2)34(43-30)26(20-36)32(41)38-28-12-5-4-11-27(28)35/h3-19H,1-2H3,(H,37,40)(H,38,41)/b30-19-,34-26-. The number of nitrogens with zero attached hydrogens (tertiary/aromatic N) is 2. The van der Waals surface area contributed by atoms with Gasteiger partial charge in [0, 0.05) is 11.3 Å². The zero-order valence-electron chi connectivity index (χ0n) is 23.2. The third-order valence-electron chi connectivity index (χ3n) is 6.61. The summed E-state index contributed by atoms with van der Waals surface area (Å²) in [7, 11) is 0. The van der Waals surface area contributed by atoms with E-state index in [1.807, 2.05) is 44.2 Å². The number of hydrogen-bond acceptors (Lipinski definition) is 5. The van der Waals surface area contributed by atoms with Crippen LogP contribution in [-0.4, -0.2) is 16.4 Å². The average molecular weight is 589 g/mol. The molecule has 2 N–H and O–H groups in total. The predicted molar refractivity (Wildman–Crippen MR) is 167 cm³/mol. The Morgan fingerprint density at radius 1 is 0.907 bits per heavy atom. The number of halogens is 1. The minimum absolute atomic E-state index is 0.0853. The van der Waals surface area contributed by atoms with Crippen LogP contribution in [0.25, 0.3) is 17.3 Å². The van der Waals surface area contributed by atoms with Crippen molar-refractivity contribution in [2.24, 2.45) is 0 Å². The van der Waals surface area contributed by atoms with Crippen LogP contribution in [0.4, 0.5) is 15.8 Å². The van der Waals surface area contributed by atoms with E-state index in [0.717, 1.165) is 22.5 Å². The highest BCUT2D eigenvalue weighted by Gasteiger charge is 2.19. The Morgan fingerprint density at radius 2 is 1.63 bits per heavy atom. The van der Waals surface area contributed by atoms with Crippen molar-refractivity contribution in [2.45, 2.75) is 13.8 Å². The zero-order chi connectivity index (χ0) is 30.5. The molecule has 0 radical (unpaired) electrons. The van der Waals surface area contributed by atoms with Gasteiger partial charge in [0.15, 0.2) is 5.57 Å². The molecule has 5 aromatic rings. The fourth-order valence-electron chi connectivity index (χ4n) is 4.39. The molecule has 5 rings (SSSR count). The zero-order valence-corrected chi connectivity index (χ0v) is 24.0. The molecule has 0 fully saturated rings. The molecule has 0 aliphatic carbocycles. The lowest BCUT2D eigenvalue weighted by Gasteiger charge is -2.08.